The maximum absolute atomic E-state index is 13.3. The van der Waals surface area contributed by atoms with Gasteiger partial charge in [0.25, 0.3) is 5.91 Å². The van der Waals surface area contributed by atoms with E-state index in [1.165, 1.54) is 6.42 Å². The number of aromatic nitrogens is 2. The summed E-state index contributed by atoms with van der Waals surface area (Å²) >= 11 is 12.7. The van der Waals surface area contributed by atoms with Gasteiger partial charge in [-0.1, -0.05) is 72.8 Å². The van der Waals surface area contributed by atoms with E-state index in [4.69, 9.17) is 33.0 Å². The highest BCUT2D eigenvalue weighted by atomic mass is 35.5. The van der Waals surface area contributed by atoms with Crippen LogP contribution in [-0.2, 0) is 6.61 Å². The zero-order valence-corrected chi connectivity index (χ0v) is 22.2. The van der Waals surface area contributed by atoms with Gasteiger partial charge in [0.2, 0.25) is 0 Å². The number of hydrogen-bond donors (Lipinski definition) is 1. The van der Waals surface area contributed by atoms with Gasteiger partial charge in [0.05, 0.1) is 16.4 Å². The van der Waals surface area contributed by atoms with Gasteiger partial charge >= 0.3 is 0 Å². The second-order valence-electron chi connectivity index (χ2n) is 9.44. The minimum atomic E-state index is -0.155. The van der Waals surface area contributed by atoms with Gasteiger partial charge in [-0.2, -0.15) is 5.10 Å². The van der Waals surface area contributed by atoms with E-state index in [9.17, 15) is 4.79 Å². The number of carbonyl (C=O) groups excluding carboxylic acids is 1. The fraction of sp³-hybridized carbons (Fsp3) is 0.267. The van der Waals surface area contributed by atoms with Crippen molar-refractivity contribution in [2.75, 3.05) is 0 Å². The van der Waals surface area contributed by atoms with Crippen molar-refractivity contribution in [3.05, 3.63) is 99.7 Å². The summed E-state index contributed by atoms with van der Waals surface area (Å²) in [5.41, 5.74) is 4.65. The molecule has 5 rings (SSSR count). The summed E-state index contributed by atoms with van der Waals surface area (Å²) in [6, 6.07) is 23.3. The van der Waals surface area contributed by atoms with Gasteiger partial charge in [-0.05, 0) is 67.8 Å². The Morgan fingerprint density at radius 3 is 2.43 bits per heavy atom. The van der Waals surface area contributed by atoms with Crippen molar-refractivity contribution in [2.24, 2.45) is 0 Å². The lowest BCUT2D eigenvalue weighted by atomic mass is 9.95. The first-order chi connectivity index (χ1) is 18.0. The van der Waals surface area contributed by atoms with Gasteiger partial charge < -0.3 is 10.1 Å². The average molecular weight is 534 g/mol. The quantitative estimate of drug-likeness (QED) is 0.263. The van der Waals surface area contributed by atoms with Gasteiger partial charge in [-0.25, -0.2) is 4.68 Å². The highest BCUT2D eigenvalue weighted by Crippen LogP contribution is 2.33. The molecule has 0 spiro atoms. The molecule has 1 saturated carbocycles. The second-order valence-corrected chi connectivity index (χ2v) is 10.3. The van der Waals surface area contributed by atoms with Crippen molar-refractivity contribution < 1.29 is 9.53 Å². The molecule has 5 nitrogen and oxygen atoms in total. The van der Waals surface area contributed by atoms with Crippen molar-refractivity contribution in [3.8, 4) is 22.7 Å². The molecule has 0 saturated heterocycles. The first-order valence-electron chi connectivity index (χ1n) is 12.6. The summed E-state index contributed by atoms with van der Waals surface area (Å²) in [6.07, 6.45) is 5.52. The zero-order chi connectivity index (χ0) is 25.8. The molecule has 0 radical (unpaired) electrons. The van der Waals surface area contributed by atoms with E-state index in [1.807, 2.05) is 67.6 Å². The van der Waals surface area contributed by atoms with E-state index in [0.29, 0.717) is 28.0 Å². The topological polar surface area (TPSA) is 56.2 Å². The van der Waals surface area contributed by atoms with Crippen LogP contribution < -0.4 is 10.1 Å². The first kappa shape index (κ1) is 25.4. The van der Waals surface area contributed by atoms with Gasteiger partial charge in [-0.15, -0.1) is 0 Å². The van der Waals surface area contributed by atoms with Crippen LogP contribution in [0.2, 0.25) is 10.0 Å². The molecule has 7 heteroatoms. The number of halogens is 2. The smallest absolute Gasteiger partial charge is 0.272 e. The first-order valence-corrected chi connectivity index (χ1v) is 13.4. The highest BCUT2D eigenvalue weighted by Gasteiger charge is 2.25. The van der Waals surface area contributed by atoms with Crippen molar-refractivity contribution >= 4 is 29.1 Å². The summed E-state index contributed by atoms with van der Waals surface area (Å²) < 4.78 is 7.71. The lowest BCUT2D eigenvalue weighted by molar-refractivity contribution is 0.0921. The van der Waals surface area contributed by atoms with Crippen LogP contribution in [0.4, 0.5) is 0 Å². The number of rotatable bonds is 7. The number of benzene rings is 3. The van der Waals surface area contributed by atoms with Gasteiger partial charge in [0.15, 0.2) is 5.69 Å². The van der Waals surface area contributed by atoms with Crippen molar-refractivity contribution in [1.29, 1.82) is 0 Å². The second kappa shape index (κ2) is 11.4. The molecule has 37 heavy (non-hydrogen) atoms. The molecule has 1 N–H and O–H groups in total. The lowest BCUT2D eigenvalue weighted by Gasteiger charge is -2.22. The minimum Gasteiger partial charge on any atom is -0.489 e. The molecule has 0 aliphatic heterocycles. The molecule has 0 bridgehead atoms. The Balaban J connectivity index is 1.47. The molecular weight excluding hydrogens is 505 g/mol. The van der Waals surface area contributed by atoms with E-state index < -0.39 is 0 Å². The Labute approximate surface area is 227 Å². The molecule has 1 fully saturated rings. The Morgan fingerprint density at radius 2 is 1.73 bits per heavy atom. The van der Waals surface area contributed by atoms with Crippen LogP contribution in [0.1, 0.15) is 53.7 Å². The fourth-order valence-electron chi connectivity index (χ4n) is 4.83. The van der Waals surface area contributed by atoms with Gasteiger partial charge in [0.1, 0.15) is 12.4 Å². The molecule has 0 atom stereocenters. The largest absolute Gasteiger partial charge is 0.489 e. The van der Waals surface area contributed by atoms with Crippen LogP contribution in [0.5, 0.6) is 5.75 Å². The number of nitrogens with one attached hydrogen (secondary N) is 1. The summed E-state index contributed by atoms with van der Waals surface area (Å²) in [6.45, 7) is 2.42. The Hall–Kier alpha value is -3.28. The summed E-state index contributed by atoms with van der Waals surface area (Å²) in [5.74, 6) is 0.605. The zero-order valence-electron chi connectivity index (χ0n) is 20.7. The third-order valence-electron chi connectivity index (χ3n) is 6.79. The maximum Gasteiger partial charge on any atom is 0.272 e. The van der Waals surface area contributed by atoms with Crippen LogP contribution in [-0.4, -0.2) is 21.7 Å². The van der Waals surface area contributed by atoms with E-state index >= 15 is 0 Å². The third-order valence-corrected chi connectivity index (χ3v) is 7.33. The Morgan fingerprint density at radius 1 is 1.00 bits per heavy atom. The average Bonchev–Trinajstić information content (AvgIpc) is 3.25. The molecule has 190 valence electrons. The van der Waals surface area contributed by atoms with E-state index in [-0.39, 0.29) is 11.9 Å². The highest BCUT2D eigenvalue weighted by molar-refractivity contribution is 6.35. The standard InChI is InChI=1S/C30H29Cl2N3O2/c1-20-28(30(36)33-24-10-6-3-7-11-24)34-35(27-17-14-23(31)18-26(27)32)29(20)22-12-15-25(16-13-22)37-19-21-8-4-2-5-9-21/h2,4-5,8-9,12-18,24H,3,6-7,10-11,19H2,1H3,(H,33,36). The Kier molecular flexibility index (Phi) is 7.82. The predicted octanol–water partition coefficient (Wildman–Crippen LogP) is 7.80. The van der Waals surface area contributed by atoms with E-state index in [0.717, 1.165) is 53.8 Å². The maximum atomic E-state index is 13.3. The molecule has 0 unspecified atom stereocenters. The number of carbonyl (C=O) groups is 1. The fourth-order valence-corrected chi connectivity index (χ4v) is 5.32. The molecule has 1 amide bonds. The predicted molar refractivity (Wildman–Crippen MR) is 149 cm³/mol. The van der Waals surface area contributed by atoms with Crippen molar-refractivity contribution in [3.63, 3.8) is 0 Å². The number of ether oxygens (including phenoxy) is 1. The molecule has 1 aliphatic rings. The summed E-state index contributed by atoms with van der Waals surface area (Å²) in [4.78, 5) is 13.3. The third kappa shape index (κ3) is 5.84. The van der Waals surface area contributed by atoms with Crippen LogP contribution >= 0.6 is 23.2 Å². The monoisotopic (exact) mass is 533 g/mol. The number of nitrogens with zero attached hydrogens (tertiary/aromatic N) is 2. The molecule has 1 heterocycles. The van der Waals surface area contributed by atoms with E-state index in [2.05, 4.69) is 5.32 Å². The normalized spacial score (nSPS) is 13.9. The van der Waals surface area contributed by atoms with E-state index in [1.54, 1.807) is 16.8 Å². The molecule has 1 aliphatic carbocycles. The van der Waals surface area contributed by atoms with Crippen molar-refractivity contribution in [2.45, 2.75) is 51.7 Å². The minimum absolute atomic E-state index is 0.155. The van der Waals surface area contributed by atoms with Crippen LogP contribution in [0.25, 0.3) is 16.9 Å². The molecule has 4 aromatic rings. The molecule has 1 aromatic heterocycles. The van der Waals surface area contributed by atoms with Crippen LogP contribution in [0, 0.1) is 6.92 Å². The van der Waals surface area contributed by atoms with Crippen molar-refractivity contribution in [1.82, 2.24) is 15.1 Å². The molecule has 3 aromatic carbocycles. The van der Waals surface area contributed by atoms with Crippen LogP contribution in [0.3, 0.4) is 0 Å². The summed E-state index contributed by atoms with van der Waals surface area (Å²) in [7, 11) is 0. The number of amides is 1. The number of hydrogen-bond acceptors (Lipinski definition) is 3. The molecular formula is C30H29Cl2N3O2. The SMILES string of the molecule is Cc1c(C(=O)NC2CCCCC2)nn(-c2ccc(Cl)cc2Cl)c1-c1ccc(OCc2ccccc2)cc1. The lowest BCUT2D eigenvalue weighted by Crippen LogP contribution is -2.36. The van der Waals surface area contributed by atoms with Gasteiger partial charge in [0, 0.05) is 22.2 Å². The Bertz CT molecular complexity index is 1380. The van der Waals surface area contributed by atoms with Gasteiger partial charge in [-0.3, -0.25) is 4.79 Å². The van der Waals surface area contributed by atoms with Crippen LogP contribution in [0.15, 0.2) is 72.8 Å². The summed E-state index contributed by atoms with van der Waals surface area (Å²) in [5, 5.41) is 8.95.